The standard InChI is InChI=1S/C11H15NO2/c12-6-2-4-9-3-1-5-10(7-9)11(14)8-13/h1-5,7,11,13-14H,6,8,12H2/b4-2+. The fourth-order valence-corrected chi connectivity index (χ4v) is 1.18. The minimum absolute atomic E-state index is 0.260. The lowest BCUT2D eigenvalue weighted by molar-refractivity contribution is 0.0956. The van der Waals surface area contributed by atoms with Crippen LogP contribution in [0, 0.1) is 0 Å². The molecule has 3 heteroatoms. The van der Waals surface area contributed by atoms with E-state index in [0.717, 1.165) is 5.56 Å². The lowest BCUT2D eigenvalue weighted by atomic mass is 10.1. The van der Waals surface area contributed by atoms with Gasteiger partial charge >= 0.3 is 0 Å². The van der Waals surface area contributed by atoms with Crippen molar-refractivity contribution in [2.75, 3.05) is 13.2 Å². The van der Waals surface area contributed by atoms with E-state index in [1.54, 1.807) is 6.07 Å². The topological polar surface area (TPSA) is 66.5 Å². The van der Waals surface area contributed by atoms with Crippen LogP contribution in [0.15, 0.2) is 30.3 Å². The highest BCUT2D eigenvalue weighted by Crippen LogP contribution is 2.14. The van der Waals surface area contributed by atoms with Crippen LogP contribution in [0.4, 0.5) is 0 Å². The highest BCUT2D eigenvalue weighted by Gasteiger charge is 2.04. The Hall–Kier alpha value is -1.16. The average Bonchev–Trinajstić information content (AvgIpc) is 2.25. The van der Waals surface area contributed by atoms with Crippen LogP contribution in [0.2, 0.25) is 0 Å². The number of rotatable bonds is 4. The van der Waals surface area contributed by atoms with Gasteiger partial charge in [0, 0.05) is 6.54 Å². The first-order valence-corrected chi connectivity index (χ1v) is 4.53. The first-order chi connectivity index (χ1) is 6.77. The minimum atomic E-state index is -0.804. The number of hydrogen-bond acceptors (Lipinski definition) is 3. The number of hydrogen-bond donors (Lipinski definition) is 3. The molecule has 3 nitrogen and oxygen atoms in total. The Morgan fingerprint density at radius 2 is 2.21 bits per heavy atom. The maximum atomic E-state index is 9.38. The third kappa shape index (κ3) is 2.96. The SMILES string of the molecule is NC/C=C/c1cccc(C(O)CO)c1. The molecule has 0 aliphatic carbocycles. The molecule has 0 radical (unpaired) electrons. The Bertz CT molecular complexity index is 310. The zero-order valence-electron chi connectivity index (χ0n) is 7.93. The van der Waals surface area contributed by atoms with Gasteiger partial charge in [0.1, 0.15) is 6.10 Å². The summed E-state index contributed by atoms with van der Waals surface area (Å²) in [6, 6.07) is 7.36. The zero-order chi connectivity index (χ0) is 10.4. The van der Waals surface area contributed by atoms with Crippen molar-refractivity contribution in [3.8, 4) is 0 Å². The van der Waals surface area contributed by atoms with E-state index in [-0.39, 0.29) is 6.61 Å². The van der Waals surface area contributed by atoms with Gasteiger partial charge in [-0.3, -0.25) is 0 Å². The fourth-order valence-electron chi connectivity index (χ4n) is 1.18. The molecule has 0 saturated heterocycles. The highest BCUT2D eigenvalue weighted by molar-refractivity contribution is 5.50. The minimum Gasteiger partial charge on any atom is -0.393 e. The third-order valence-corrected chi connectivity index (χ3v) is 1.91. The molecule has 1 atom stereocenters. The van der Waals surface area contributed by atoms with Crippen molar-refractivity contribution in [3.63, 3.8) is 0 Å². The summed E-state index contributed by atoms with van der Waals surface area (Å²) in [5.74, 6) is 0. The molecular weight excluding hydrogens is 178 g/mol. The summed E-state index contributed by atoms with van der Waals surface area (Å²) in [6.45, 7) is 0.233. The van der Waals surface area contributed by atoms with Gasteiger partial charge in [-0.2, -0.15) is 0 Å². The maximum Gasteiger partial charge on any atom is 0.102 e. The van der Waals surface area contributed by atoms with Crippen LogP contribution >= 0.6 is 0 Å². The van der Waals surface area contributed by atoms with Crippen LogP contribution in [0.5, 0.6) is 0 Å². The average molecular weight is 193 g/mol. The van der Waals surface area contributed by atoms with Gasteiger partial charge in [0.15, 0.2) is 0 Å². The molecule has 14 heavy (non-hydrogen) atoms. The maximum absolute atomic E-state index is 9.38. The lowest BCUT2D eigenvalue weighted by Gasteiger charge is -2.07. The lowest BCUT2D eigenvalue weighted by Crippen LogP contribution is -2.02. The third-order valence-electron chi connectivity index (χ3n) is 1.91. The molecular formula is C11H15NO2. The van der Waals surface area contributed by atoms with E-state index in [2.05, 4.69) is 0 Å². The predicted octanol–water partition coefficient (Wildman–Crippen LogP) is 0.684. The van der Waals surface area contributed by atoms with Gasteiger partial charge in [0.25, 0.3) is 0 Å². The number of nitrogens with two attached hydrogens (primary N) is 1. The monoisotopic (exact) mass is 193 g/mol. The van der Waals surface area contributed by atoms with Gasteiger partial charge < -0.3 is 15.9 Å². The quantitative estimate of drug-likeness (QED) is 0.659. The van der Waals surface area contributed by atoms with Gasteiger partial charge in [0.2, 0.25) is 0 Å². The molecule has 0 aromatic heterocycles. The molecule has 1 rings (SSSR count). The van der Waals surface area contributed by atoms with E-state index >= 15 is 0 Å². The van der Waals surface area contributed by atoms with Crippen LogP contribution in [-0.2, 0) is 0 Å². The smallest absolute Gasteiger partial charge is 0.102 e. The largest absolute Gasteiger partial charge is 0.393 e. The molecule has 1 unspecified atom stereocenters. The zero-order valence-corrected chi connectivity index (χ0v) is 7.93. The van der Waals surface area contributed by atoms with E-state index in [4.69, 9.17) is 10.8 Å². The predicted molar refractivity (Wildman–Crippen MR) is 56.6 cm³/mol. The Balaban J connectivity index is 2.83. The summed E-state index contributed by atoms with van der Waals surface area (Å²) >= 11 is 0. The summed E-state index contributed by atoms with van der Waals surface area (Å²) in [6.07, 6.45) is 2.92. The van der Waals surface area contributed by atoms with Crippen LogP contribution in [-0.4, -0.2) is 23.4 Å². The second kappa shape index (κ2) is 5.54. The van der Waals surface area contributed by atoms with Crippen LogP contribution < -0.4 is 5.73 Å². The van der Waals surface area contributed by atoms with Gasteiger partial charge in [0.05, 0.1) is 6.61 Å². The van der Waals surface area contributed by atoms with Crippen molar-refractivity contribution in [2.45, 2.75) is 6.10 Å². The van der Waals surface area contributed by atoms with Crippen LogP contribution in [0.1, 0.15) is 17.2 Å². The Labute approximate surface area is 83.5 Å². The summed E-state index contributed by atoms with van der Waals surface area (Å²) in [5, 5.41) is 18.1. The van der Waals surface area contributed by atoms with Crippen molar-refractivity contribution in [1.29, 1.82) is 0 Å². The highest BCUT2D eigenvalue weighted by atomic mass is 16.3. The van der Waals surface area contributed by atoms with Gasteiger partial charge in [-0.15, -0.1) is 0 Å². The molecule has 1 aromatic carbocycles. The summed E-state index contributed by atoms with van der Waals surface area (Å²) in [4.78, 5) is 0. The second-order valence-electron chi connectivity index (χ2n) is 3.01. The molecule has 0 aliphatic heterocycles. The molecule has 76 valence electrons. The van der Waals surface area contributed by atoms with Gasteiger partial charge in [-0.05, 0) is 17.2 Å². The summed E-state index contributed by atoms with van der Waals surface area (Å²) < 4.78 is 0. The van der Waals surface area contributed by atoms with E-state index < -0.39 is 6.10 Å². The first kappa shape index (κ1) is 10.9. The molecule has 1 aromatic rings. The normalized spacial score (nSPS) is 13.4. The molecule has 0 heterocycles. The van der Waals surface area contributed by atoms with E-state index in [1.165, 1.54) is 0 Å². The number of aliphatic hydroxyl groups excluding tert-OH is 2. The fraction of sp³-hybridized carbons (Fsp3) is 0.273. The van der Waals surface area contributed by atoms with Crippen molar-refractivity contribution in [2.24, 2.45) is 5.73 Å². The Morgan fingerprint density at radius 1 is 1.43 bits per heavy atom. The summed E-state index contributed by atoms with van der Waals surface area (Å²) in [7, 11) is 0. The van der Waals surface area contributed by atoms with Crippen molar-refractivity contribution >= 4 is 6.08 Å². The number of benzene rings is 1. The second-order valence-corrected chi connectivity index (χ2v) is 3.01. The first-order valence-electron chi connectivity index (χ1n) is 4.53. The van der Waals surface area contributed by atoms with Crippen molar-refractivity contribution in [3.05, 3.63) is 41.5 Å². The van der Waals surface area contributed by atoms with Crippen molar-refractivity contribution in [1.82, 2.24) is 0 Å². The van der Waals surface area contributed by atoms with Crippen LogP contribution in [0.25, 0.3) is 6.08 Å². The van der Waals surface area contributed by atoms with Crippen LogP contribution in [0.3, 0.4) is 0 Å². The molecule has 4 N–H and O–H groups in total. The molecule has 0 saturated carbocycles. The molecule has 0 bridgehead atoms. The van der Waals surface area contributed by atoms with E-state index in [9.17, 15) is 5.11 Å². The Kier molecular flexibility index (Phi) is 4.32. The molecule has 0 spiro atoms. The molecule has 0 aliphatic rings. The molecule has 0 fully saturated rings. The molecule has 0 amide bonds. The number of aliphatic hydroxyl groups is 2. The van der Waals surface area contributed by atoms with Crippen molar-refractivity contribution < 1.29 is 10.2 Å². The van der Waals surface area contributed by atoms with E-state index in [0.29, 0.717) is 12.1 Å². The summed E-state index contributed by atoms with van der Waals surface area (Å²) in [5.41, 5.74) is 7.01. The van der Waals surface area contributed by atoms with Gasteiger partial charge in [-0.1, -0.05) is 30.4 Å². The van der Waals surface area contributed by atoms with E-state index in [1.807, 2.05) is 30.4 Å². The van der Waals surface area contributed by atoms with Gasteiger partial charge in [-0.25, -0.2) is 0 Å². The Morgan fingerprint density at radius 3 is 2.86 bits per heavy atom.